The molecule has 0 radical (unpaired) electrons. The van der Waals surface area contributed by atoms with Crippen LogP contribution in [0.4, 0.5) is 4.79 Å². The number of likely N-dealkylation sites (N-methyl/N-ethyl adjacent to an activating group) is 1. The fourth-order valence-electron chi connectivity index (χ4n) is 5.19. The van der Waals surface area contributed by atoms with Crippen LogP contribution in [0.25, 0.3) is 0 Å². The molecule has 0 aliphatic carbocycles. The van der Waals surface area contributed by atoms with Gasteiger partial charge in [-0.15, -0.1) is 0 Å². The second-order valence-electron chi connectivity index (χ2n) is 13.7. The van der Waals surface area contributed by atoms with Crippen molar-refractivity contribution < 1.29 is 33.8 Å². The third kappa shape index (κ3) is 11.4. The van der Waals surface area contributed by atoms with Crippen molar-refractivity contribution in [1.29, 1.82) is 0 Å². The largest absolute Gasteiger partial charge is 0.508 e. The Balaban J connectivity index is 2.05. The molecule has 3 N–H and O–H groups in total. The summed E-state index contributed by atoms with van der Waals surface area (Å²) in [4.78, 5) is 56.8. The molecule has 0 spiro atoms. The number of alkyl carbamates (subject to hydrolysis) is 1. The lowest BCUT2D eigenvalue weighted by molar-refractivity contribution is -0.159. The predicted molar refractivity (Wildman–Crippen MR) is 184 cm³/mol. The number of aryl methyl sites for hydroxylation is 1. The first-order valence-electron chi connectivity index (χ1n) is 16.2. The van der Waals surface area contributed by atoms with E-state index >= 15 is 0 Å². The molecule has 3 amide bonds. The standard InChI is InChI=1S/C38H49N3O7/c1-9-41(34(44)30(40-36(46)48-38(6,7)8)23-27-19-21-28(42)22-20-27)32(29-18-14-13-15-25(29)2)33(43)39-31(35(45)47-37(3,4)5)24-26-16-11-10-12-17-26/h10-22,30-32,42H,9,23-24H2,1-8H3,(H,39,43)(H,40,46). The smallest absolute Gasteiger partial charge is 0.408 e. The molecule has 3 rings (SSSR count). The van der Waals surface area contributed by atoms with Crippen molar-refractivity contribution in [1.82, 2.24) is 15.5 Å². The highest BCUT2D eigenvalue weighted by Crippen LogP contribution is 2.27. The SMILES string of the molecule is CCN(C(=O)C(Cc1ccc(O)cc1)NC(=O)OC(C)(C)C)C(C(=O)NC(Cc1ccccc1)C(=O)OC(C)(C)C)c1ccccc1C. The summed E-state index contributed by atoms with van der Waals surface area (Å²) in [6, 6.07) is 19.5. The van der Waals surface area contributed by atoms with Crippen molar-refractivity contribution in [2.24, 2.45) is 0 Å². The van der Waals surface area contributed by atoms with Gasteiger partial charge in [0, 0.05) is 19.4 Å². The molecule has 0 fully saturated rings. The van der Waals surface area contributed by atoms with Crippen molar-refractivity contribution in [2.75, 3.05) is 6.54 Å². The molecule has 10 heteroatoms. The van der Waals surface area contributed by atoms with Crippen molar-refractivity contribution in [2.45, 2.75) is 97.6 Å². The number of aromatic hydroxyl groups is 1. The van der Waals surface area contributed by atoms with Gasteiger partial charge in [-0.2, -0.15) is 0 Å². The van der Waals surface area contributed by atoms with Gasteiger partial charge >= 0.3 is 12.1 Å². The molecule has 0 aliphatic heterocycles. The van der Waals surface area contributed by atoms with Crippen LogP contribution in [0.5, 0.6) is 5.75 Å². The zero-order chi connectivity index (χ0) is 35.6. The molecule has 0 bridgehead atoms. The van der Waals surface area contributed by atoms with Gasteiger partial charge in [0.1, 0.15) is 35.1 Å². The number of phenols is 1. The van der Waals surface area contributed by atoms with Gasteiger partial charge in [-0.25, -0.2) is 9.59 Å². The van der Waals surface area contributed by atoms with Crippen LogP contribution in [-0.4, -0.2) is 63.7 Å². The van der Waals surface area contributed by atoms with E-state index in [1.807, 2.05) is 49.4 Å². The maximum Gasteiger partial charge on any atom is 0.408 e. The summed E-state index contributed by atoms with van der Waals surface area (Å²) in [5.74, 6) is -1.65. The fourth-order valence-corrected chi connectivity index (χ4v) is 5.19. The van der Waals surface area contributed by atoms with E-state index in [-0.39, 0.29) is 25.1 Å². The normalized spacial score (nSPS) is 13.4. The number of carbonyl (C=O) groups excluding carboxylic acids is 4. The van der Waals surface area contributed by atoms with Crippen LogP contribution in [0.15, 0.2) is 78.9 Å². The number of carbonyl (C=O) groups is 4. The molecule has 0 aromatic heterocycles. The number of nitrogens with zero attached hydrogens (tertiary/aromatic N) is 1. The lowest BCUT2D eigenvalue weighted by Crippen LogP contribution is -2.55. The van der Waals surface area contributed by atoms with Gasteiger partial charge in [-0.05, 0) is 89.8 Å². The Morgan fingerprint density at radius 1 is 0.729 bits per heavy atom. The molecule has 0 heterocycles. The average Bonchev–Trinajstić information content (AvgIpc) is 2.99. The zero-order valence-electron chi connectivity index (χ0n) is 29.2. The lowest BCUT2D eigenvalue weighted by atomic mass is 9.96. The van der Waals surface area contributed by atoms with Crippen molar-refractivity contribution >= 4 is 23.9 Å². The predicted octanol–water partition coefficient (Wildman–Crippen LogP) is 5.80. The third-order valence-corrected chi connectivity index (χ3v) is 7.32. The van der Waals surface area contributed by atoms with Gasteiger partial charge < -0.3 is 30.1 Å². The topological polar surface area (TPSA) is 134 Å². The van der Waals surface area contributed by atoms with E-state index in [4.69, 9.17) is 9.47 Å². The minimum absolute atomic E-state index is 0.0586. The quantitative estimate of drug-likeness (QED) is 0.210. The third-order valence-electron chi connectivity index (χ3n) is 7.32. The Kier molecular flexibility index (Phi) is 12.8. The number of rotatable bonds is 12. The Labute approximate surface area is 283 Å². The van der Waals surface area contributed by atoms with Crippen LogP contribution in [0.1, 0.15) is 76.8 Å². The number of nitrogens with one attached hydrogen (secondary N) is 2. The molecule has 0 saturated heterocycles. The van der Waals surface area contributed by atoms with Gasteiger partial charge in [0.15, 0.2) is 0 Å². The molecule has 0 saturated carbocycles. The minimum Gasteiger partial charge on any atom is -0.508 e. The Morgan fingerprint density at radius 3 is 1.83 bits per heavy atom. The number of hydrogen-bond donors (Lipinski definition) is 3. The Bertz CT molecular complexity index is 1540. The molecular weight excluding hydrogens is 610 g/mol. The number of esters is 1. The maximum absolute atomic E-state index is 14.5. The molecule has 3 aromatic carbocycles. The van der Waals surface area contributed by atoms with Gasteiger partial charge in [0.05, 0.1) is 0 Å². The Morgan fingerprint density at radius 2 is 1.27 bits per heavy atom. The highest BCUT2D eigenvalue weighted by atomic mass is 16.6. The first-order chi connectivity index (χ1) is 22.5. The monoisotopic (exact) mass is 659 g/mol. The van der Waals surface area contributed by atoms with Crippen LogP contribution in [0.3, 0.4) is 0 Å². The summed E-state index contributed by atoms with van der Waals surface area (Å²) in [5, 5.41) is 15.4. The van der Waals surface area contributed by atoms with Gasteiger partial charge in [-0.1, -0.05) is 66.7 Å². The summed E-state index contributed by atoms with van der Waals surface area (Å²) in [6.07, 6.45) is -0.558. The second-order valence-corrected chi connectivity index (χ2v) is 13.7. The zero-order valence-corrected chi connectivity index (χ0v) is 29.2. The van der Waals surface area contributed by atoms with Crippen LogP contribution < -0.4 is 10.6 Å². The first-order valence-corrected chi connectivity index (χ1v) is 16.2. The number of hydrogen-bond acceptors (Lipinski definition) is 7. The van der Waals surface area contributed by atoms with Crippen molar-refractivity contribution in [3.8, 4) is 5.75 Å². The average molecular weight is 660 g/mol. The number of benzene rings is 3. The van der Waals surface area contributed by atoms with Crippen molar-refractivity contribution in [3.63, 3.8) is 0 Å². The van der Waals surface area contributed by atoms with E-state index in [2.05, 4.69) is 10.6 Å². The summed E-state index contributed by atoms with van der Waals surface area (Å²) in [6.45, 7) is 14.1. The van der Waals surface area contributed by atoms with Crippen molar-refractivity contribution in [3.05, 3.63) is 101 Å². The number of amides is 3. The van der Waals surface area contributed by atoms with E-state index in [1.54, 1.807) is 72.7 Å². The maximum atomic E-state index is 14.5. The molecule has 0 aliphatic rings. The molecule has 3 aromatic rings. The molecule has 258 valence electrons. The summed E-state index contributed by atoms with van der Waals surface area (Å²) in [5.41, 5.74) is 1.19. The molecule has 3 unspecified atom stereocenters. The molecule has 3 atom stereocenters. The van der Waals surface area contributed by atoms with Crippen LogP contribution >= 0.6 is 0 Å². The first kappa shape index (κ1) is 37.6. The number of phenolic OH excluding ortho intramolecular Hbond substituents is 1. The number of ether oxygens (including phenoxy) is 2. The fraction of sp³-hybridized carbons (Fsp3) is 0.421. The van der Waals surface area contributed by atoms with E-state index in [9.17, 15) is 24.3 Å². The van der Waals surface area contributed by atoms with Gasteiger partial charge in [-0.3, -0.25) is 9.59 Å². The molecule has 10 nitrogen and oxygen atoms in total. The summed E-state index contributed by atoms with van der Waals surface area (Å²) < 4.78 is 11.2. The highest BCUT2D eigenvalue weighted by Gasteiger charge is 2.38. The van der Waals surface area contributed by atoms with Gasteiger partial charge in [0.2, 0.25) is 11.8 Å². The van der Waals surface area contributed by atoms with Gasteiger partial charge in [0.25, 0.3) is 0 Å². The van der Waals surface area contributed by atoms with E-state index in [1.165, 1.54) is 17.0 Å². The van der Waals surface area contributed by atoms with Crippen LogP contribution in [0.2, 0.25) is 0 Å². The van der Waals surface area contributed by atoms with Crippen LogP contribution in [-0.2, 0) is 36.7 Å². The van der Waals surface area contributed by atoms with E-state index < -0.39 is 53.2 Å². The molecule has 48 heavy (non-hydrogen) atoms. The summed E-state index contributed by atoms with van der Waals surface area (Å²) in [7, 11) is 0. The summed E-state index contributed by atoms with van der Waals surface area (Å²) >= 11 is 0. The molecular formula is C38H49N3O7. The second kappa shape index (κ2) is 16.3. The minimum atomic E-state index is -1.16. The highest BCUT2D eigenvalue weighted by molar-refractivity contribution is 5.94. The van der Waals surface area contributed by atoms with E-state index in [0.29, 0.717) is 11.1 Å². The van der Waals surface area contributed by atoms with E-state index in [0.717, 1.165) is 11.1 Å². The van der Waals surface area contributed by atoms with Crippen LogP contribution in [0, 0.1) is 6.92 Å². The lowest BCUT2D eigenvalue weighted by Gasteiger charge is -2.35. The Hall–Kier alpha value is -4.86.